The van der Waals surface area contributed by atoms with Gasteiger partial charge in [0.05, 0.1) is 23.0 Å². The molecule has 2 rings (SSSR count). The normalized spacial score (nSPS) is 10.0. The number of nitrogens with two attached hydrogens (primary N) is 1. The van der Waals surface area contributed by atoms with Crippen molar-refractivity contribution in [2.24, 2.45) is 0 Å². The van der Waals surface area contributed by atoms with E-state index in [2.05, 4.69) is 11.4 Å². The number of nitrogen functional groups attached to an aromatic ring is 1. The van der Waals surface area contributed by atoms with Gasteiger partial charge in [-0.3, -0.25) is 0 Å². The second-order valence-corrected chi connectivity index (χ2v) is 4.10. The van der Waals surface area contributed by atoms with Gasteiger partial charge in [0.25, 0.3) is 0 Å². The van der Waals surface area contributed by atoms with Gasteiger partial charge in [-0.05, 0) is 37.3 Å². The fourth-order valence-corrected chi connectivity index (χ4v) is 1.73. The van der Waals surface area contributed by atoms with Crippen LogP contribution in [0.25, 0.3) is 0 Å². The molecule has 0 saturated heterocycles. The maximum Gasteiger partial charge on any atom is 0.105 e. The van der Waals surface area contributed by atoms with Crippen LogP contribution in [-0.4, -0.2) is 6.54 Å². The standard InChI is InChI=1S/C14H15N3O/c1-10-2-4-12(18-10)6-7-17-14-5-3-11(9-15)8-13(14)16/h2-5,8,17H,6-7,16H2,1H3. The number of rotatable bonds is 4. The molecular weight excluding hydrogens is 226 g/mol. The molecule has 1 heterocycles. The number of hydrogen-bond acceptors (Lipinski definition) is 4. The Balaban J connectivity index is 1.92. The molecule has 0 bridgehead atoms. The molecule has 0 aliphatic carbocycles. The van der Waals surface area contributed by atoms with Gasteiger partial charge in [-0.15, -0.1) is 0 Å². The van der Waals surface area contributed by atoms with Crippen molar-refractivity contribution >= 4 is 11.4 Å². The third kappa shape index (κ3) is 2.83. The molecule has 92 valence electrons. The summed E-state index contributed by atoms with van der Waals surface area (Å²) in [5, 5.41) is 12.0. The van der Waals surface area contributed by atoms with Crippen molar-refractivity contribution in [3.63, 3.8) is 0 Å². The molecule has 0 aliphatic heterocycles. The molecule has 1 aromatic carbocycles. The predicted octanol–water partition coefficient (Wildman–Crippen LogP) is 2.70. The maximum absolute atomic E-state index is 8.74. The highest BCUT2D eigenvalue weighted by Crippen LogP contribution is 2.19. The number of furan rings is 1. The molecule has 2 aromatic rings. The van der Waals surface area contributed by atoms with E-state index in [1.165, 1.54) is 0 Å². The number of anilines is 2. The van der Waals surface area contributed by atoms with Gasteiger partial charge in [0, 0.05) is 13.0 Å². The highest BCUT2D eigenvalue weighted by molar-refractivity contribution is 5.68. The SMILES string of the molecule is Cc1ccc(CCNc2ccc(C#N)cc2N)o1. The zero-order valence-corrected chi connectivity index (χ0v) is 10.2. The molecular formula is C14H15N3O. The van der Waals surface area contributed by atoms with Crippen LogP contribution in [0, 0.1) is 18.3 Å². The molecule has 0 atom stereocenters. The summed E-state index contributed by atoms with van der Waals surface area (Å²) in [6.07, 6.45) is 0.799. The van der Waals surface area contributed by atoms with Gasteiger partial charge in [0.2, 0.25) is 0 Å². The van der Waals surface area contributed by atoms with Gasteiger partial charge >= 0.3 is 0 Å². The Bertz CT molecular complexity index is 581. The molecule has 0 radical (unpaired) electrons. The van der Waals surface area contributed by atoms with Crippen molar-refractivity contribution in [3.8, 4) is 6.07 Å². The Morgan fingerprint density at radius 1 is 1.33 bits per heavy atom. The summed E-state index contributed by atoms with van der Waals surface area (Å²) < 4.78 is 5.47. The second-order valence-electron chi connectivity index (χ2n) is 4.10. The Morgan fingerprint density at radius 3 is 2.78 bits per heavy atom. The van der Waals surface area contributed by atoms with Crippen LogP contribution in [0.4, 0.5) is 11.4 Å². The molecule has 0 unspecified atom stereocenters. The van der Waals surface area contributed by atoms with Gasteiger partial charge in [-0.1, -0.05) is 0 Å². The summed E-state index contributed by atoms with van der Waals surface area (Å²) in [6, 6.07) is 11.2. The first-order chi connectivity index (χ1) is 8.69. The van der Waals surface area contributed by atoms with E-state index in [1.54, 1.807) is 12.1 Å². The van der Waals surface area contributed by atoms with E-state index in [0.29, 0.717) is 11.3 Å². The highest BCUT2D eigenvalue weighted by atomic mass is 16.3. The average Bonchev–Trinajstić information content (AvgIpc) is 2.77. The minimum Gasteiger partial charge on any atom is -0.466 e. The maximum atomic E-state index is 8.74. The molecule has 0 fully saturated rings. The monoisotopic (exact) mass is 241 g/mol. The smallest absolute Gasteiger partial charge is 0.105 e. The molecule has 0 spiro atoms. The van der Waals surface area contributed by atoms with E-state index in [1.807, 2.05) is 25.1 Å². The summed E-state index contributed by atoms with van der Waals surface area (Å²) in [7, 11) is 0. The Hall–Kier alpha value is -2.41. The van der Waals surface area contributed by atoms with Gasteiger partial charge in [0.15, 0.2) is 0 Å². The van der Waals surface area contributed by atoms with Crippen LogP contribution in [0.3, 0.4) is 0 Å². The minimum absolute atomic E-state index is 0.569. The zero-order valence-electron chi connectivity index (χ0n) is 10.2. The highest BCUT2D eigenvalue weighted by Gasteiger charge is 2.02. The number of nitriles is 1. The molecule has 18 heavy (non-hydrogen) atoms. The summed E-state index contributed by atoms with van der Waals surface area (Å²) in [4.78, 5) is 0. The van der Waals surface area contributed by atoms with Crippen molar-refractivity contribution in [1.82, 2.24) is 0 Å². The lowest BCUT2D eigenvalue weighted by atomic mass is 10.2. The lowest BCUT2D eigenvalue weighted by molar-refractivity contribution is 0.486. The first-order valence-corrected chi connectivity index (χ1v) is 5.78. The van der Waals surface area contributed by atoms with E-state index in [-0.39, 0.29) is 0 Å². The molecule has 4 heteroatoms. The van der Waals surface area contributed by atoms with Crippen molar-refractivity contribution in [1.29, 1.82) is 5.26 Å². The van der Waals surface area contributed by atoms with Crippen LogP contribution < -0.4 is 11.1 Å². The Kier molecular flexibility index (Phi) is 3.54. The van der Waals surface area contributed by atoms with Crippen LogP contribution in [0.2, 0.25) is 0 Å². The number of nitrogens with zero attached hydrogens (tertiary/aromatic N) is 1. The van der Waals surface area contributed by atoms with E-state index in [4.69, 9.17) is 15.4 Å². The van der Waals surface area contributed by atoms with Crippen LogP contribution in [0.1, 0.15) is 17.1 Å². The number of nitrogens with one attached hydrogen (secondary N) is 1. The second kappa shape index (κ2) is 5.28. The molecule has 0 aliphatic rings. The van der Waals surface area contributed by atoms with Crippen molar-refractivity contribution in [3.05, 3.63) is 47.4 Å². The minimum atomic E-state index is 0.569. The first kappa shape index (κ1) is 12.1. The predicted molar refractivity (Wildman–Crippen MR) is 71.2 cm³/mol. The number of benzene rings is 1. The molecule has 0 amide bonds. The van der Waals surface area contributed by atoms with Crippen LogP contribution in [-0.2, 0) is 6.42 Å². The molecule has 1 aromatic heterocycles. The first-order valence-electron chi connectivity index (χ1n) is 5.78. The van der Waals surface area contributed by atoms with Gasteiger partial charge in [-0.25, -0.2) is 0 Å². The molecule has 4 nitrogen and oxygen atoms in total. The summed E-state index contributed by atoms with van der Waals surface area (Å²) >= 11 is 0. The van der Waals surface area contributed by atoms with Crippen molar-refractivity contribution < 1.29 is 4.42 Å². The lowest BCUT2D eigenvalue weighted by Crippen LogP contribution is -2.06. The Morgan fingerprint density at radius 2 is 2.17 bits per heavy atom. The Labute approximate surface area is 106 Å². The third-order valence-electron chi connectivity index (χ3n) is 2.66. The molecule has 0 saturated carbocycles. The van der Waals surface area contributed by atoms with Crippen molar-refractivity contribution in [2.45, 2.75) is 13.3 Å². The van der Waals surface area contributed by atoms with Crippen molar-refractivity contribution in [2.75, 3.05) is 17.6 Å². The summed E-state index contributed by atoms with van der Waals surface area (Å²) in [6.45, 7) is 2.67. The number of aryl methyl sites for hydroxylation is 1. The quantitative estimate of drug-likeness (QED) is 0.807. The van der Waals surface area contributed by atoms with Crippen LogP contribution in [0.5, 0.6) is 0 Å². The van der Waals surface area contributed by atoms with E-state index in [0.717, 1.165) is 30.2 Å². The summed E-state index contributed by atoms with van der Waals surface area (Å²) in [5.41, 5.74) is 7.85. The van der Waals surface area contributed by atoms with E-state index >= 15 is 0 Å². The van der Waals surface area contributed by atoms with Crippen LogP contribution in [0.15, 0.2) is 34.7 Å². The van der Waals surface area contributed by atoms with Crippen LogP contribution >= 0.6 is 0 Å². The lowest BCUT2D eigenvalue weighted by Gasteiger charge is -2.08. The summed E-state index contributed by atoms with van der Waals surface area (Å²) in [5.74, 6) is 1.87. The third-order valence-corrected chi connectivity index (χ3v) is 2.66. The van der Waals surface area contributed by atoms with E-state index in [9.17, 15) is 0 Å². The van der Waals surface area contributed by atoms with Gasteiger partial charge in [-0.2, -0.15) is 5.26 Å². The molecule has 3 N–H and O–H groups in total. The average molecular weight is 241 g/mol. The largest absolute Gasteiger partial charge is 0.466 e. The fraction of sp³-hybridized carbons (Fsp3) is 0.214. The topological polar surface area (TPSA) is 75.0 Å². The van der Waals surface area contributed by atoms with Gasteiger partial charge in [0.1, 0.15) is 11.5 Å². The number of hydrogen-bond donors (Lipinski definition) is 2. The van der Waals surface area contributed by atoms with Gasteiger partial charge < -0.3 is 15.5 Å². The zero-order chi connectivity index (χ0) is 13.0. The fourth-order valence-electron chi connectivity index (χ4n) is 1.73. The van der Waals surface area contributed by atoms with E-state index < -0.39 is 0 Å².